The van der Waals surface area contributed by atoms with Crippen molar-refractivity contribution in [2.24, 2.45) is 11.8 Å². The number of nitrogens with zero attached hydrogens (tertiary/aromatic N) is 1. The number of methoxy groups -OCH3 is 2. The van der Waals surface area contributed by atoms with Crippen LogP contribution in [0.25, 0.3) is 0 Å². The van der Waals surface area contributed by atoms with E-state index in [4.69, 9.17) is 60.6 Å². The second-order valence-electron chi connectivity index (χ2n) is 6.94. The number of benzene rings is 1. The number of hydrogen-bond donors (Lipinski definition) is 0. The Morgan fingerprint density at radius 3 is 1.90 bits per heavy atom. The molecule has 0 N–H and O–H groups in total. The molecule has 1 saturated carbocycles. The zero-order valence-corrected chi connectivity index (χ0v) is 18.7. The summed E-state index contributed by atoms with van der Waals surface area (Å²) in [6.45, 7) is 2.16. The van der Waals surface area contributed by atoms with Gasteiger partial charge in [0.15, 0.2) is 0 Å². The molecule has 6 nitrogen and oxygen atoms in total. The first-order chi connectivity index (χ1) is 13.7. The highest BCUT2D eigenvalue weighted by Gasteiger charge is 2.89. The largest absolute Gasteiger partial charge is 0.492 e. The van der Waals surface area contributed by atoms with Gasteiger partial charge in [0.2, 0.25) is 17.6 Å². The summed E-state index contributed by atoms with van der Waals surface area (Å²) in [5.41, 5.74) is 0.298. The third kappa shape index (κ3) is 2.13. The Hall–Kier alpha value is -1.02. The van der Waals surface area contributed by atoms with Crippen LogP contribution in [0.3, 0.4) is 0 Å². The van der Waals surface area contributed by atoms with E-state index in [-0.39, 0.29) is 10.1 Å². The topological polar surface area (TPSA) is 65.1 Å². The summed E-state index contributed by atoms with van der Waals surface area (Å²) >= 11 is 26.8. The molecule has 2 amide bonds. The standard InChI is InChI=1S/C19H17Cl4NO5/c1-4-29-10-8-6-5-7-9(10)24-15(25)11-12(16(24)26)18(23)14(21)13(20)17(11,22)19(18,27-2)28-3/h5-8,11-12H,4H2,1-3H3/t11-,12-,17-,18-/m1/s1. The number of rotatable bonds is 5. The molecule has 1 aliphatic heterocycles. The molecular formula is C19H17Cl4NO5. The van der Waals surface area contributed by atoms with Crippen molar-refractivity contribution < 1.29 is 23.8 Å². The van der Waals surface area contributed by atoms with E-state index in [0.29, 0.717) is 18.0 Å². The summed E-state index contributed by atoms with van der Waals surface area (Å²) in [6, 6.07) is 6.72. The molecule has 0 unspecified atom stereocenters. The van der Waals surface area contributed by atoms with Gasteiger partial charge in [0, 0.05) is 14.2 Å². The molecular weight excluding hydrogens is 464 g/mol. The van der Waals surface area contributed by atoms with Gasteiger partial charge in [-0.05, 0) is 19.1 Å². The van der Waals surface area contributed by atoms with Crippen LogP contribution in [0.2, 0.25) is 0 Å². The average Bonchev–Trinajstić information content (AvgIpc) is 3.13. The molecule has 0 aromatic heterocycles. The maximum Gasteiger partial charge on any atom is 0.240 e. The van der Waals surface area contributed by atoms with Gasteiger partial charge >= 0.3 is 0 Å². The molecule has 29 heavy (non-hydrogen) atoms. The van der Waals surface area contributed by atoms with Crippen molar-refractivity contribution in [1.82, 2.24) is 0 Å². The van der Waals surface area contributed by atoms with Crippen molar-refractivity contribution in [1.29, 1.82) is 0 Å². The molecule has 4 rings (SSSR count). The van der Waals surface area contributed by atoms with Crippen molar-refractivity contribution in [2.45, 2.75) is 22.5 Å². The maximum absolute atomic E-state index is 13.5. The lowest BCUT2D eigenvalue weighted by molar-refractivity contribution is -0.221. The molecule has 10 heteroatoms. The zero-order chi connectivity index (χ0) is 21.4. The van der Waals surface area contributed by atoms with Crippen LogP contribution < -0.4 is 9.64 Å². The Balaban J connectivity index is 1.92. The number of halogens is 4. The van der Waals surface area contributed by atoms with Gasteiger partial charge in [0.05, 0.1) is 34.2 Å². The van der Waals surface area contributed by atoms with Crippen molar-refractivity contribution in [2.75, 3.05) is 25.7 Å². The van der Waals surface area contributed by atoms with Gasteiger partial charge in [0.25, 0.3) is 0 Å². The summed E-state index contributed by atoms with van der Waals surface area (Å²) in [5.74, 6) is -4.86. The third-order valence-electron chi connectivity index (χ3n) is 5.93. The van der Waals surface area contributed by atoms with Crippen molar-refractivity contribution in [3.63, 3.8) is 0 Å². The predicted octanol–water partition coefficient (Wildman–Crippen LogP) is 3.85. The van der Waals surface area contributed by atoms with Crippen molar-refractivity contribution in [3.05, 3.63) is 34.3 Å². The lowest BCUT2D eigenvalue weighted by Gasteiger charge is -2.42. The predicted molar refractivity (Wildman–Crippen MR) is 110 cm³/mol. The monoisotopic (exact) mass is 479 g/mol. The molecule has 1 heterocycles. The summed E-state index contributed by atoms with van der Waals surface area (Å²) in [4.78, 5) is 24.6. The summed E-state index contributed by atoms with van der Waals surface area (Å²) in [5, 5.41) is -0.135. The number of carbonyl (C=O) groups is 2. The highest BCUT2D eigenvalue weighted by atomic mass is 35.5. The van der Waals surface area contributed by atoms with E-state index in [0.717, 1.165) is 4.90 Å². The smallest absolute Gasteiger partial charge is 0.240 e. The Bertz CT molecular complexity index is 902. The average molecular weight is 481 g/mol. The summed E-state index contributed by atoms with van der Waals surface area (Å²) < 4.78 is 16.7. The summed E-state index contributed by atoms with van der Waals surface area (Å²) in [7, 11) is 2.63. The maximum atomic E-state index is 13.5. The van der Waals surface area contributed by atoms with Crippen LogP contribution in [0.1, 0.15) is 6.92 Å². The molecule has 1 saturated heterocycles. The minimum atomic E-state index is -1.80. The van der Waals surface area contributed by atoms with E-state index in [9.17, 15) is 9.59 Å². The number of amides is 2. The van der Waals surface area contributed by atoms with Crippen LogP contribution in [-0.4, -0.2) is 48.2 Å². The minimum Gasteiger partial charge on any atom is -0.492 e. The molecule has 2 aliphatic carbocycles. The molecule has 0 radical (unpaired) electrons. The van der Waals surface area contributed by atoms with Gasteiger partial charge in [-0.25, -0.2) is 4.90 Å². The number of alkyl halides is 2. The number of ether oxygens (including phenoxy) is 3. The minimum absolute atomic E-state index is 0.0677. The fourth-order valence-corrected chi connectivity index (χ4v) is 7.02. The quantitative estimate of drug-likeness (QED) is 0.364. The molecule has 4 atom stereocenters. The van der Waals surface area contributed by atoms with Gasteiger partial charge in [-0.3, -0.25) is 9.59 Å². The van der Waals surface area contributed by atoms with E-state index in [1.165, 1.54) is 14.2 Å². The third-order valence-corrected chi connectivity index (χ3v) is 8.54. The van der Waals surface area contributed by atoms with Gasteiger partial charge in [-0.2, -0.15) is 0 Å². The number of anilines is 1. The lowest BCUT2D eigenvalue weighted by Crippen LogP contribution is -2.60. The number of imide groups is 1. The van der Waals surface area contributed by atoms with E-state index < -0.39 is 39.2 Å². The molecule has 0 spiro atoms. The first-order valence-electron chi connectivity index (χ1n) is 8.83. The fourth-order valence-electron chi connectivity index (χ4n) is 4.86. The first-order valence-corrected chi connectivity index (χ1v) is 10.3. The van der Waals surface area contributed by atoms with Gasteiger partial charge in [0.1, 0.15) is 15.5 Å². The number of carbonyl (C=O) groups excluding carboxylic acids is 2. The molecule has 156 valence electrons. The Morgan fingerprint density at radius 1 is 0.966 bits per heavy atom. The van der Waals surface area contributed by atoms with Crippen LogP contribution in [-0.2, 0) is 19.1 Å². The Labute approximate surface area is 187 Å². The Morgan fingerprint density at radius 2 is 1.45 bits per heavy atom. The summed E-state index contributed by atoms with van der Waals surface area (Å²) in [6.07, 6.45) is 0. The highest BCUT2D eigenvalue weighted by Crippen LogP contribution is 2.75. The van der Waals surface area contributed by atoms with Crippen LogP contribution in [0.4, 0.5) is 5.69 Å². The van der Waals surface area contributed by atoms with E-state index in [1.54, 1.807) is 31.2 Å². The fraction of sp³-hybridized carbons (Fsp3) is 0.474. The second kappa shape index (κ2) is 6.74. The number of hydrogen-bond acceptors (Lipinski definition) is 5. The molecule has 2 fully saturated rings. The van der Waals surface area contributed by atoms with Crippen molar-refractivity contribution in [3.8, 4) is 5.75 Å². The highest BCUT2D eigenvalue weighted by molar-refractivity contribution is 6.54. The van der Waals surface area contributed by atoms with E-state index in [1.807, 2.05) is 0 Å². The van der Waals surface area contributed by atoms with E-state index >= 15 is 0 Å². The van der Waals surface area contributed by atoms with Gasteiger partial charge in [-0.1, -0.05) is 35.3 Å². The van der Waals surface area contributed by atoms with Gasteiger partial charge < -0.3 is 14.2 Å². The van der Waals surface area contributed by atoms with Crippen LogP contribution >= 0.6 is 46.4 Å². The van der Waals surface area contributed by atoms with Crippen LogP contribution in [0.5, 0.6) is 5.75 Å². The van der Waals surface area contributed by atoms with Gasteiger partial charge in [-0.15, -0.1) is 23.2 Å². The van der Waals surface area contributed by atoms with Crippen LogP contribution in [0, 0.1) is 11.8 Å². The SMILES string of the molecule is CCOc1ccccc1N1C(=O)[C@H]2[C@H](C1=O)[C@@]1(Cl)C(Cl)=C(Cl)[C@@]2(Cl)C1(OC)OC. The Kier molecular flexibility index (Phi) is 4.93. The van der Waals surface area contributed by atoms with Crippen LogP contribution in [0.15, 0.2) is 34.3 Å². The lowest BCUT2D eigenvalue weighted by atomic mass is 9.84. The van der Waals surface area contributed by atoms with E-state index in [2.05, 4.69) is 0 Å². The molecule has 1 aromatic rings. The van der Waals surface area contributed by atoms with Crippen molar-refractivity contribution >= 4 is 63.9 Å². The normalized spacial score (nSPS) is 34.9. The number of para-hydroxylation sites is 2. The molecule has 2 bridgehead atoms. The second-order valence-corrected chi connectivity index (χ2v) is 8.89. The number of fused-ring (bicyclic) bond motifs is 5. The zero-order valence-electron chi connectivity index (χ0n) is 15.7. The molecule has 3 aliphatic rings. The molecule has 1 aromatic carbocycles. The first kappa shape index (κ1) is 21.2.